The van der Waals surface area contributed by atoms with Gasteiger partial charge in [-0.25, -0.2) is 0 Å². The van der Waals surface area contributed by atoms with E-state index in [4.69, 9.17) is 10.5 Å². The van der Waals surface area contributed by atoms with Crippen LogP contribution in [0.2, 0.25) is 0 Å². The second kappa shape index (κ2) is 5.97. The first-order valence-electron chi connectivity index (χ1n) is 6.24. The summed E-state index contributed by atoms with van der Waals surface area (Å²) in [5, 5.41) is 0. The number of hydrogen-bond donors (Lipinski definition) is 1. The number of alkyl halides is 3. The van der Waals surface area contributed by atoms with Gasteiger partial charge < -0.3 is 10.5 Å². The Kier molecular flexibility index (Phi) is 4.46. The van der Waals surface area contributed by atoms with Crippen molar-refractivity contribution in [3.8, 4) is 11.5 Å². The summed E-state index contributed by atoms with van der Waals surface area (Å²) in [6.07, 6.45) is -3.71. The standard InChI is InChI=1S/C15H13BrF3NO/c1-2-9-3-5-14(12(20)7-9)21-13-6-4-10(16)8-11(13)15(17,18)19/h3-8H,2,20H2,1H3. The van der Waals surface area contributed by atoms with Gasteiger partial charge in [0.05, 0.1) is 11.3 Å². The van der Waals surface area contributed by atoms with E-state index in [0.717, 1.165) is 18.1 Å². The van der Waals surface area contributed by atoms with Crippen molar-refractivity contribution in [1.29, 1.82) is 0 Å². The maximum atomic E-state index is 13.0. The zero-order valence-electron chi connectivity index (χ0n) is 11.2. The molecule has 0 saturated heterocycles. The SMILES string of the molecule is CCc1ccc(Oc2ccc(Br)cc2C(F)(F)F)c(N)c1. The highest BCUT2D eigenvalue weighted by atomic mass is 79.9. The fourth-order valence-electron chi connectivity index (χ4n) is 1.84. The Morgan fingerprint density at radius 1 is 1.10 bits per heavy atom. The fourth-order valence-corrected chi connectivity index (χ4v) is 2.20. The molecule has 112 valence electrons. The van der Waals surface area contributed by atoms with Gasteiger partial charge in [0, 0.05) is 4.47 Å². The third-order valence-electron chi connectivity index (χ3n) is 2.95. The molecule has 21 heavy (non-hydrogen) atoms. The third-order valence-corrected chi connectivity index (χ3v) is 3.44. The van der Waals surface area contributed by atoms with Crippen LogP contribution >= 0.6 is 15.9 Å². The molecule has 0 aliphatic heterocycles. The van der Waals surface area contributed by atoms with Crippen molar-refractivity contribution in [2.45, 2.75) is 19.5 Å². The van der Waals surface area contributed by atoms with Crippen molar-refractivity contribution < 1.29 is 17.9 Å². The summed E-state index contributed by atoms with van der Waals surface area (Å²) in [5.41, 5.74) is 6.27. The Balaban J connectivity index is 2.40. The van der Waals surface area contributed by atoms with E-state index in [1.807, 2.05) is 6.92 Å². The number of benzene rings is 2. The molecule has 0 saturated carbocycles. The lowest BCUT2D eigenvalue weighted by molar-refractivity contribution is -0.138. The number of rotatable bonds is 3. The summed E-state index contributed by atoms with van der Waals surface area (Å²) in [6.45, 7) is 1.96. The second-order valence-corrected chi connectivity index (χ2v) is 5.38. The van der Waals surface area contributed by atoms with Gasteiger partial charge in [0.2, 0.25) is 0 Å². The predicted molar refractivity (Wildman–Crippen MR) is 79.5 cm³/mol. The molecule has 0 aliphatic carbocycles. The molecule has 0 aliphatic rings. The number of aryl methyl sites for hydroxylation is 1. The van der Waals surface area contributed by atoms with Gasteiger partial charge in [-0.2, -0.15) is 13.2 Å². The Bertz CT molecular complexity index is 656. The van der Waals surface area contributed by atoms with Gasteiger partial charge in [0.15, 0.2) is 0 Å². The monoisotopic (exact) mass is 359 g/mol. The second-order valence-electron chi connectivity index (χ2n) is 4.47. The van der Waals surface area contributed by atoms with Crippen LogP contribution in [0.1, 0.15) is 18.1 Å². The van der Waals surface area contributed by atoms with E-state index in [2.05, 4.69) is 15.9 Å². The molecule has 0 amide bonds. The Hall–Kier alpha value is -1.69. The minimum Gasteiger partial charge on any atom is -0.455 e. The van der Waals surface area contributed by atoms with Crippen LogP contribution in [0.15, 0.2) is 40.9 Å². The molecule has 2 aromatic carbocycles. The Morgan fingerprint density at radius 3 is 2.33 bits per heavy atom. The minimum absolute atomic E-state index is 0.208. The molecule has 2 N–H and O–H groups in total. The van der Waals surface area contributed by atoms with Crippen LogP contribution in [-0.2, 0) is 12.6 Å². The number of hydrogen-bond acceptors (Lipinski definition) is 2. The predicted octanol–water partition coefficient (Wildman–Crippen LogP) is 5.40. The van der Waals surface area contributed by atoms with Gasteiger partial charge in [-0.3, -0.25) is 0 Å². The molecule has 0 radical (unpaired) electrons. The number of halogens is 4. The Labute approximate surface area is 128 Å². The normalized spacial score (nSPS) is 11.5. The molecule has 2 aromatic rings. The molecule has 0 atom stereocenters. The zero-order valence-corrected chi connectivity index (χ0v) is 12.8. The van der Waals surface area contributed by atoms with Crippen LogP contribution in [0.4, 0.5) is 18.9 Å². The largest absolute Gasteiger partial charge is 0.455 e. The molecular formula is C15H13BrF3NO. The number of nitrogens with two attached hydrogens (primary N) is 1. The molecule has 2 nitrogen and oxygen atoms in total. The molecule has 0 spiro atoms. The van der Waals surface area contributed by atoms with Crippen molar-refractivity contribution in [2.24, 2.45) is 0 Å². The first-order chi connectivity index (χ1) is 9.81. The number of ether oxygens (including phenoxy) is 1. The molecular weight excluding hydrogens is 347 g/mol. The average molecular weight is 360 g/mol. The highest BCUT2D eigenvalue weighted by molar-refractivity contribution is 9.10. The van der Waals surface area contributed by atoms with E-state index in [0.29, 0.717) is 10.2 Å². The molecule has 0 heterocycles. The van der Waals surface area contributed by atoms with Gasteiger partial charge in [0.25, 0.3) is 0 Å². The van der Waals surface area contributed by atoms with Gasteiger partial charge >= 0.3 is 6.18 Å². The smallest absolute Gasteiger partial charge is 0.420 e. The highest BCUT2D eigenvalue weighted by Gasteiger charge is 2.34. The summed E-state index contributed by atoms with van der Waals surface area (Å²) < 4.78 is 44.7. The van der Waals surface area contributed by atoms with Crippen LogP contribution in [-0.4, -0.2) is 0 Å². The lowest BCUT2D eigenvalue weighted by atomic mass is 10.1. The van der Waals surface area contributed by atoms with E-state index in [1.54, 1.807) is 18.2 Å². The van der Waals surface area contributed by atoms with Crippen molar-refractivity contribution in [3.05, 3.63) is 52.0 Å². The summed E-state index contributed by atoms with van der Waals surface area (Å²) in [6, 6.07) is 8.78. The van der Waals surface area contributed by atoms with Gasteiger partial charge in [-0.05, 0) is 42.3 Å². The molecule has 6 heteroatoms. The van der Waals surface area contributed by atoms with Crippen molar-refractivity contribution >= 4 is 21.6 Å². The quantitative estimate of drug-likeness (QED) is 0.744. The lowest BCUT2D eigenvalue weighted by Gasteiger charge is -2.15. The number of nitrogen functional groups attached to an aromatic ring is 1. The van der Waals surface area contributed by atoms with Crippen LogP contribution < -0.4 is 10.5 Å². The molecule has 0 aromatic heterocycles. The third kappa shape index (κ3) is 3.69. The van der Waals surface area contributed by atoms with Gasteiger partial charge in [0.1, 0.15) is 11.5 Å². The zero-order chi connectivity index (χ0) is 15.6. The first kappa shape index (κ1) is 15.7. The van der Waals surface area contributed by atoms with Crippen LogP contribution in [0.5, 0.6) is 11.5 Å². The first-order valence-corrected chi connectivity index (χ1v) is 7.03. The van der Waals surface area contributed by atoms with Gasteiger partial charge in [-0.15, -0.1) is 0 Å². The van der Waals surface area contributed by atoms with Crippen molar-refractivity contribution in [2.75, 3.05) is 5.73 Å². The summed E-state index contributed by atoms with van der Waals surface area (Å²) in [5.74, 6) is -0.0679. The summed E-state index contributed by atoms with van der Waals surface area (Å²) in [4.78, 5) is 0. The van der Waals surface area contributed by atoms with Gasteiger partial charge in [-0.1, -0.05) is 28.9 Å². The maximum Gasteiger partial charge on any atom is 0.420 e. The molecule has 0 unspecified atom stereocenters. The maximum absolute atomic E-state index is 13.0. The van der Waals surface area contributed by atoms with Crippen LogP contribution in [0, 0.1) is 0 Å². The lowest BCUT2D eigenvalue weighted by Crippen LogP contribution is -2.07. The molecule has 0 fully saturated rings. The van der Waals surface area contributed by atoms with Crippen molar-refractivity contribution in [3.63, 3.8) is 0 Å². The van der Waals surface area contributed by atoms with E-state index in [9.17, 15) is 13.2 Å². The fraction of sp³-hybridized carbons (Fsp3) is 0.200. The highest BCUT2D eigenvalue weighted by Crippen LogP contribution is 2.40. The average Bonchev–Trinajstić information content (AvgIpc) is 2.41. The van der Waals surface area contributed by atoms with Crippen LogP contribution in [0.3, 0.4) is 0 Å². The van der Waals surface area contributed by atoms with Crippen LogP contribution in [0.25, 0.3) is 0 Å². The minimum atomic E-state index is -4.50. The van der Waals surface area contributed by atoms with E-state index < -0.39 is 11.7 Å². The van der Waals surface area contributed by atoms with Crippen molar-refractivity contribution in [1.82, 2.24) is 0 Å². The summed E-state index contributed by atoms with van der Waals surface area (Å²) >= 11 is 3.03. The topological polar surface area (TPSA) is 35.2 Å². The van der Waals surface area contributed by atoms with E-state index >= 15 is 0 Å². The Morgan fingerprint density at radius 2 is 1.76 bits per heavy atom. The van der Waals surface area contributed by atoms with E-state index in [-0.39, 0.29) is 11.5 Å². The summed E-state index contributed by atoms with van der Waals surface area (Å²) in [7, 11) is 0. The van der Waals surface area contributed by atoms with E-state index in [1.165, 1.54) is 12.1 Å². The number of anilines is 1. The molecule has 0 bridgehead atoms. The molecule has 2 rings (SSSR count).